The van der Waals surface area contributed by atoms with Crippen LogP contribution in [0.15, 0.2) is 0 Å². The lowest BCUT2D eigenvalue weighted by Crippen LogP contribution is -2.43. The molecule has 0 aromatic rings. The Labute approximate surface area is 113 Å². The molecular weight excluding hydrogens is 222 g/mol. The zero-order valence-corrected chi connectivity index (χ0v) is 12.3. The first kappa shape index (κ1) is 14.3. The number of piperidine rings is 2. The second-order valence-corrected chi connectivity index (χ2v) is 6.29. The monoisotopic (exact) mass is 253 g/mol. The Morgan fingerprint density at radius 1 is 1.06 bits per heavy atom. The SMILES string of the molecule is CC(NCCN1CCCCC1)C1CCN(C)CC1. The summed E-state index contributed by atoms with van der Waals surface area (Å²) in [5, 5.41) is 3.75. The minimum absolute atomic E-state index is 0.698. The molecule has 2 rings (SSSR count). The van der Waals surface area contributed by atoms with Crippen molar-refractivity contribution < 1.29 is 0 Å². The third-order valence-corrected chi connectivity index (χ3v) is 4.81. The molecule has 0 saturated carbocycles. The zero-order chi connectivity index (χ0) is 12.8. The van der Waals surface area contributed by atoms with Gasteiger partial charge in [-0.1, -0.05) is 6.42 Å². The molecule has 0 aliphatic carbocycles. The maximum absolute atomic E-state index is 3.75. The summed E-state index contributed by atoms with van der Waals surface area (Å²) in [6.07, 6.45) is 6.99. The molecule has 0 spiro atoms. The Hall–Kier alpha value is -0.120. The maximum atomic E-state index is 3.75. The van der Waals surface area contributed by atoms with Gasteiger partial charge in [0.15, 0.2) is 0 Å². The van der Waals surface area contributed by atoms with Gasteiger partial charge in [0.25, 0.3) is 0 Å². The van der Waals surface area contributed by atoms with Crippen molar-refractivity contribution in [2.45, 2.75) is 45.1 Å². The van der Waals surface area contributed by atoms with Gasteiger partial charge >= 0.3 is 0 Å². The lowest BCUT2D eigenvalue weighted by Gasteiger charge is -2.34. The van der Waals surface area contributed by atoms with Gasteiger partial charge in [0.1, 0.15) is 0 Å². The van der Waals surface area contributed by atoms with Crippen LogP contribution < -0.4 is 5.32 Å². The molecule has 2 fully saturated rings. The van der Waals surface area contributed by atoms with Crippen LogP contribution in [-0.4, -0.2) is 62.2 Å². The number of nitrogens with zero attached hydrogens (tertiary/aromatic N) is 2. The van der Waals surface area contributed by atoms with E-state index in [1.54, 1.807) is 0 Å². The standard InChI is InChI=1S/C15H31N3/c1-14(15-6-11-17(2)12-7-15)16-8-13-18-9-4-3-5-10-18/h14-16H,3-13H2,1-2H3. The van der Waals surface area contributed by atoms with Crippen molar-refractivity contribution in [2.75, 3.05) is 46.3 Å². The highest BCUT2D eigenvalue weighted by Crippen LogP contribution is 2.19. The first-order valence-corrected chi connectivity index (χ1v) is 7.90. The van der Waals surface area contributed by atoms with Crippen LogP contribution in [0.3, 0.4) is 0 Å². The van der Waals surface area contributed by atoms with Gasteiger partial charge < -0.3 is 15.1 Å². The molecule has 2 aliphatic rings. The lowest BCUT2D eigenvalue weighted by atomic mass is 9.90. The molecule has 1 N–H and O–H groups in total. The summed E-state index contributed by atoms with van der Waals surface area (Å²) in [4.78, 5) is 5.08. The highest BCUT2D eigenvalue weighted by atomic mass is 15.1. The van der Waals surface area contributed by atoms with Crippen molar-refractivity contribution in [3.05, 3.63) is 0 Å². The van der Waals surface area contributed by atoms with Gasteiger partial charge in [0, 0.05) is 19.1 Å². The Bertz CT molecular complexity index is 218. The van der Waals surface area contributed by atoms with Crippen molar-refractivity contribution in [1.29, 1.82) is 0 Å². The second-order valence-electron chi connectivity index (χ2n) is 6.29. The zero-order valence-electron chi connectivity index (χ0n) is 12.3. The molecule has 3 nitrogen and oxygen atoms in total. The number of hydrogen-bond acceptors (Lipinski definition) is 3. The van der Waals surface area contributed by atoms with Crippen LogP contribution in [0.5, 0.6) is 0 Å². The number of hydrogen-bond donors (Lipinski definition) is 1. The van der Waals surface area contributed by atoms with Gasteiger partial charge in [-0.15, -0.1) is 0 Å². The van der Waals surface area contributed by atoms with Crippen molar-refractivity contribution in [3.63, 3.8) is 0 Å². The van der Waals surface area contributed by atoms with E-state index < -0.39 is 0 Å². The molecule has 18 heavy (non-hydrogen) atoms. The Morgan fingerprint density at radius 3 is 2.39 bits per heavy atom. The van der Waals surface area contributed by atoms with Gasteiger partial charge in [-0.25, -0.2) is 0 Å². The quantitative estimate of drug-likeness (QED) is 0.806. The van der Waals surface area contributed by atoms with E-state index in [0.29, 0.717) is 6.04 Å². The summed E-state index contributed by atoms with van der Waals surface area (Å²) in [5.41, 5.74) is 0. The minimum atomic E-state index is 0.698. The molecule has 106 valence electrons. The molecule has 0 radical (unpaired) electrons. The van der Waals surface area contributed by atoms with E-state index >= 15 is 0 Å². The fraction of sp³-hybridized carbons (Fsp3) is 1.00. The highest BCUT2D eigenvalue weighted by Gasteiger charge is 2.21. The molecule has 2 saturated heterocycles. The summed E-state index contributed by atoms with van der Waals surface area (Å²) in [6, 6.07) is 0.698. The summed E-state index contributed by atoms with van der Waals surface area (Å²) < 4.78 is 0. The number of nitrogens with one attached hydrogen (secondary N) is 1. The van der Waals surface area contributed by atoms with Gasteiger partial charge in [-0.3, -0.25) is 0 Å². The predicted octanol–water partition coefficient (Wildman–Crippen LogP) is 1.79. The van der Waals surface area contributed by atoms with Crippen LogP contribution in [0.1, 0.15) is 39.0 Å². The molecule has 2 heterocycles. The fourth-order valence-electron chi connectivity index (χ4n) is 3.33. The Balaban J connectivity index is 1.57. The third kappa shape index (κ3) is 4.52. The summed E-state index contributed by atoms with van der Waals surface area (Å²) in [6.45, 7) is 10.0. The van der Waals surface area contributed by atoms with Crippen molar-refractivity contribution >= 4 is 0 Å². The average molecular weight is 253 g/mol. The van der Waals surface area contributed by atoms with Gasteiger partial charge in [0.05, 0.1) is 0 Å². The van der Waals surface area contributed by atoms with Crippen molar-refractivity contribution in [3.8, 4) is 0 Å². The smallest absolute Gasteiger partial charge is 0.0107 e. The lowest BCUT2D eigenvalue weighted by molar-refractivity contribution is 0.182. The van der Waals surface area contributed by atoms with Crippen molar-refractivity contribution in [2.24, 2.45) is 5.92 Å². The molecule has 1 atom stereocenters. The first-order chi connectivity index (χ1) is 8.75. The third-order valence-electron chi connectivity index (χ3n) is 4.81. The van der Waals surface area contributed by atoms with Gasteiger partial charge in [-0.2, -0.15) is 0 Å². The van der Waals surface area contributed by atoms with Crippen LogP contribution in [0.25, 0.3) is 0 Å². The van der Waals surface area contributed by atoms with E-state index in [1.165, 1.54) is 71.4 Å². The molecule has 0 amide bonds. The normalized spacial score (nSPS) is 26.3. The van der Waals surface area contributed by atoms with E-state index in [1.807, 2.05) is 0 Å². The highest BCUT2D eigenvalue weighted by molar-refractivity contribution is 4.78. The van der Waals surface area contributed by atoms with E-state index in [-0.39, 0.29) is 0 Å². The van der Waals surface area contributed by atoms with Crippen molar-refractivity contribution in [1.82, 2.24) is 15.1 Å². The van der Waals surface area contributed by atoms with Crippen LogP contribution >= 0.6 is 0 Å². The van der Waals surface area contributed by atoms with Gasteiger partial charge in [-0.05, 0) is 71.8 Å². The Kier molecular flexibility index (Phi) is 5.93. The minimum Gasteiger partial charge on any atom is -0.313 e. The van der Waals surface area contributed by atoms with E-state index in [2.05, 4.69) is 29.1 Å². The van der Waals surface area contributed by atoms with Gasteiger partial charge in [0.2, 0.25) is 0 Å². The largest absolute Gasteiger partial charge is 0.313 e. The molecule has 1 unspecified atom stereocenters. The van der Waals surface area contributed by atoms with Crippen LogP contribution in [0, 0.1) is 5.92 Å². The Morgan fingerprint density at radius 2 is 1.72 bits per heavy atom. The van der Waals surface area contributed by atoms with Crippen LogP contribution in [0.2, 0.25) is 0 Å². The van der Waals surface area contributed by atoms with Crippen LogP contribution in [0.4, 0.5) is 0 Å². The molecule has 0 aromatic carbocycles. The van der Waals surface area contributed by atoms with E-state index in [9.17, 15) is 0 Å². The van der Waals surface area contributed by atoms with E-state index in [4.69, 9.17) is 0 Å². The average Bonchev–Trinajstić information content (AvgIpc) is 2.40. The number of likely N-dealkylation sites (tertiary alicyclic amines) is 2. The molecule has 0 aromatic heterocycles. The van der Waals surface area contributed by atoms with E-state index in [0.717, 1.165) is 5.92 Å². The summed E-state index contributed by atoms with van der Waals surface area (Å²) in [7, 11) is 2.24. The molecule has 0 bridgehead atoms. The molecule has 2 aliphatic heterocycles. The topological polar surface area (TPSA) is 18.5 Å². The summed E-state index contributed by atoms with van der Waals surface area (Å²) in [5.74, 6) is 0.891. The first-order valence-electron chi connectivity index (χ1n) is 7.90. The maximum Gasteiger partial charge on any atom is 0.0107 e. The summed E-state index contributed by atoms with van der Waals surface area (Å²) >= 11 is 0. The number of rotatable bonds is 5. The molecule has 3 heteroatoms. The predicted molar refractivity (Wildman–Crippen MR) is 78.0 cm³/mol. The fourth-order valence-corrected chi connectivity index (χ4v) is 3.33. The second kappa shape index (κ2) is 7.46. The molecular formula is C15H31N3. The van der Waals surface area contributed by atoms with Crippen LogP contribution in [-0.2, 0) is 0 Å².